The number of thiocarbonyl (C=S) groups is 1. The standard InChI is InChI=1S/C30H32N4OS/c1-6-22-12-9-11-19(2)28(22)33-20(3)17-25(21(33)4)29-27(26-15-7-8-16-31-26)32-30(36)34(29)23-13-10-14-24(18-23)35-5/h7-18,27,29H,6H2,1-5H3,(H,32,36)/t27-,29+/m1/s1. The van der Waals surface area contributed by atoms with Gasteiger partial charge in [0.15, 0.2) is 5.11 Å². The van der Waals surface area contributed by atoms with Crippen LogP contribution >= 0.6 is 12.2 Å². The highest BCUT2D eigenvalue weighted by Gasteiger charge is 2.42. The molecule has 5 nitrogen and oxygen atoms in total. The summed E-state index contributed by atoms with van der Waals surface area (Å²) in [4.78, 5) is 6.92. The summed E-state index contributed by atoms with van der Waals surface area (Å²) in [5.41, 5.74) is 9.48. The first kappa shape index (κ1) is 24.1. The van der Waals surface area contributed by atoms with Gasteiger partial charge in [-0.3, -0.25) is 4.98 Å². The van der Waals surface area contributed by atoms with E-state index in [0.29, 0.717) is 5.11 Å². The van der Waals surface area contributed by atoms with E-state index in [1.807, 2.05) is 36.5 Å². The highest BCUT2D eigenvalue weighted by Crippen LogP contribution is 2.44. The Morgan fingerprint density at radius 1 is 1.00 bits per heavy atom. The second-order valence-electron chi connectivity index (χ2n) is 9.30. The van der Waals surface area contributed by atoms with E-state index in [2.05, 4.69) is 78.9 Å². The van der Waals surface area contributed by atoms with E-state index >= 15 is 0 Å². The molecule has 1 fully saturated rings. The highest BCUT2D eigenvalue weighted by atomic mass is 32.1. The van der Waals surface area contributed by atoms with Crippen molar-refractivity contribution in [2.45, 2.75) is 46.2 Å². The molecule has 1 aliphatic rings. The van der Waals surface area contributed by atoms with Crippen LogP contribution in [0.3, 0.4) is 0 Å². The third-order valence-corrected chi connectivity index (χ3v) is 7.46. The average molecular weight is 497 g/mol. The van der Waals surface area contributed by atoms with Gasteiger partial charge in [-0.05, 0) is 86.4 Å². The van der Waals surface area contributed by atoms with Gasteiger partial charge in [-0.15, -0.1) is 0 Å². The number of hydrogen-bond acceptors (Lipinski definition) is 3. The zero-order chi connectivity index (χ0) is 25.4. The number of rotatable bonds is 6. The van der Waals surface area contributed by atoms with Crippen molar-refractivity contribution in [3.8, 4) is 11.4 Å². The lowest BCUT2D eigenvalue weighted by Gasteiger charge is -2.28. The van der Waals surface area contributed by atoms with Crippen LogP contribution in [0.4, 0.5) is 5.69 Å². The van der Waals surface area contributed by atoms with Gasteiger partial charge in [0.1, 0.15) is 5.75 Å². The topological polar surface area (TPSA) is 42.3 Å². The van der Waals surface area contributed by atoms with Gasteiger partial charge in [0, 0.05) is 29.3 Å². The molecule has 1 saturated heterocycles. The number of ether oxygens (including phenoxy) is 1. The Morgan fingerprint density at radius 2 is 1.81 bits per heavy atom. The summed E-state index contributed by atoms with van der Waals surface area (Å²) in [6, 6.07) is 22.8. The highest BCUT2D eigenvalue weighted by molar-refractivity contribution is 7.80. The lowest BCUT2D eigenvalue weighted by molar-refractivity contribution is 0.415. The predicted octanol–water partition coefficient (Wildman–Crippen LogP) is 6.55. The average Bonchev–Trinajstić information content (AvgIpc) is 3.39. The van der Waals surface area contributed by atoms with Gasteiger partial charge in [0.2, 0.25) is 0 Å². The van der Waals surface area contributed by atoms with Crippen molar-refractivity contribution in [3.63, 3.8) is 0 Å². The fourth-order valence-electron chi connectivity index (χ4n) is 5.47. The Hall–Kier alpha value is -3.64. The molecule has 2 atom stereocenters. The van der Waals surface area contributed by atoms with Crippen molar-refractivity contribution >= 4 is 23.0 Å². The first-order chi connectivity index (χ1) is 17.4. The quantitative estimate of drug-likeness (QED) is 0.307. The van der Waals surface area contributed by atoms with E-state index < -0.39 is 0 Å². The normalized spacial score (nSPS) is 17.4. The van der Waals surface area contributed by atoms with Crippen molar-refractivity contribution in [2.75, 3.05) is 12.0 Å². The number of para-hydroxylation sites is 1. The van der Waals surface area contributed by atoms with Crippen molar-refractivity contribution in [3.05, 3.63) is 107 Å². The van der Waals surface area contributed by atoms with Crippen molar-refractivity contribution in [1.29, 1.82) is 0 Å². The molecule has 1 aliphatic heterocycles. The molecule has 0 radical (unpaired) electrons. The molecular formula is C30H32N4OS. The first-order valence-electron chi connectivity index (χ1n) is 12.4. The molecule has 6 heteroatoms. The van der Waals surface area contributed by atoms with Crippen LogP contribution in [0.5, 0.6) is 5.75 Å². The van der Waals surface area contributed by atoms with Gasteiger partial charge in [0.25, 0.3) is 0 Å². The third-order valence-electron chi connectivity index (χ3n) is 7.14. The summed E-state index contributed by atoms with van der Waals surface area (Å²) in [6.45, 7) is 8.82. The minimum Gasteiger partial charge on any atom is -0.497 e. The van der Waals surface area contributed by atoms with Gasteiger partial charge in [-0.25, -0.2) is 0 Å². The molecule has 36 heavy (non-hydrogen) atoms. The SMILES string of the molecule is CCc1cccc(C)c1-n1c(C)cc([C@H]2[C@@H](c3ccccn3)NC(=S)N2c2cccc(OC)c2)c1C. The van der Waals surface area contributed by atoms with Crippen LogP contribution in [-0.2, 0) is 6.42 Å². The van der Waals surface area contributed by atoms with Crippen molar-refractivity contribution < 1.29 is 4.74 Å². The van der Waals surface area contributed by atoms with Crippen LogP contribution in [0.15, 0.2) is 72.9 Å². The second-order valence-corrected chi connectivity index (χ2v) is 9.68. The van der Waals surface area contributed by atoms with Crippen molar-refractivity contribution in [1.82, 2.24) is 14.9 Å². The Kier molecular flexibility index (Phi) is 6.54. The molecule has 1 N–H and O–H groups in total. The molecule has 3 heterocycles. The number of aromatic nitrogens is 2. The van der Waals surface area contributed by atoms with Crippen LogP contribution < -0.4 is 15.0 Å². The smallest absolute Gasteiger partial charge is 0.174 e. The number of anilines is 1. The number of nitrogens with one attached hydrogen (secondary N) is 1. The van der Waals surface area contributed by atoms with Crippen LogP contribution in [-0.4, -0.2) is 21.8 Å². The molecule has 2 aromatic heterocycles. The van der Waals surface area contributed by atoms with Crippen LogP contribution in [0.2, 0.25) is 0 Å². The van der Waals surface area contributed by atoms with Crippen LogP contribution in [0.25, 0.3) is 5.69 Å². The summed E-state index contributed by atoms with van der Waals surface area (Å²) in [6.07, 6.45) is 2.82. The number of hydrogen-bond donors (Lipinski definition) is 1. The van der Waals surface area contributed by atoms with E-state index in [1.54, 1.807) is 7.11 Å². The zero-order valence-electron chi connectivity index (χ0n) is 21.4. The van der Waals surface area contributed by atoms with Crippen molar-refractivity contribution in [2.24, 2.45) is 0 Å². The Bertz CT molecular complexity index is 1410. The fraction of sp³-hybridized carbons (Fsp3) is 0.267. The first-order valence-corrected chi connectivity index (χ1v) is 12.8. The molecule has 2 aromatic carbocycles. The predicted molar refractivity (Wildman–Crippen MR) is 150 cm³/mol. The lowest BCUT2D eigenvalue weighted by atomic mass is 9.96. The minimum absolute atomic E-state index is 0.0754. The number of nitrogens with zero attached hydrogens (tertiary/aromatic N) is 3. The molecule has 0 saturated carbocycles. The maximum atomic E-state index is 5.93. The Labute approximate surface area is 218 Å². The third kappa shape index (κ3) is 4.05. The van der Waals surface area contributed by atoms with E-state index in [-0.39, 0.29) is 12.1 Å². The monoisotopic (exact) mass is 496 g/mol. The molecule has 0 bridgehead atoms. The number of aryl methyl sites for hydroxylation is 3. The molecule has 0 amide bonds. The fourth-order valence-corrected chi connectivity index (χ4v) is 5.81. The molecule has 184 valence electrons. The summed E-state index contributed by atoms with van der Waals surface area (Å²) in [5, 5.41) is 4.26. The Balaban J connectivity index is 1.71. The molecular weight excluding hydrogens is 464 g/mol. The molecule has 0 unspecified atom stereocenters. The molecule has 5 rings (SSSR count). The molecule has 4 aromatic rings. The van der Waals surface area contributed by atoms with Gasteiger partial charge in [-0.1, -0.05) is 37.3 Å². The van der Waals surface area contributed by atoms with Crippen LogP contribution in [0, 0.1) is 20.8 Å². The number of methoxy groups -OCH3 is 1. The lowest BCUT2D eigenvalue weighted by Crippen LogP contribution is -2.29. The van der Waals surface area contributed by atoms with E-state index in [0.717, 1.165) is 23.6 Å². The van der Waals surface area contributed by atoms with Gasteiger partial charge < -0.3 is 19.5 Å². The number of pyridine rings is 1. The second kappa shape index (κ2) is 9.78. The summed E-state index contributed by atoms with van der Waals surface area (Å²) in [7, 11) is 1.69. The van der Waals surface area contributed by atoms with Gasteiger partial charge >= 0.3 is 0 Å². The van der Waals surface area contributed by atoms with E-state index in [1.165, 1.54) is 33.8 Å². The minimum atomic E-state index is -0.0960. The number of benzene rings is 2. The largest absolute Gasteiger partial charge is 0.497 e. The maximum absolute atomic E-state index is 5.93. The van der Waals surface area contributed by atoms with Crippen LogP contribution in [0.1, 0.15) is 52.8 Å². The molecule has 0 aliphatic carbocycles. The van der Waals surface area contributed by atoms with E-state index in [4.69, 9.17) is 21.9 Å². The molecule has 0 spiro atoms. The summed E-state index contributed by atoms with van der Waals surface area (Å²) >= 11 is 5.93. The van der Waals surface area contributed by atoms with Gasteiger partial charge in [-0.2, -0.15) is 0 Å². The zero-order valence-corrected chi connectivity index (χ0v) is 22.3. The maximum Gasteiger partial charge on any atom is 0.174 e. The van der Waals surface area contributed by atoms with Gasteiger partial charge in [0.05, 0.1) is 30.6 Å². The summed E-state index contributed by atoms with van der Waals surface area (Å²) in [5.74, 6) is 0.799. The summed E-state index contributed by atoms with van der Waals surface area (Å²) < 4.78 is 7.95. The van der Waals surface area contributed by atoms with E-state index in [9.17, 15) is 0 Å². The Morgan fingerprint density at radius 3 is 2.53 bits per heavy atom.